The van der Waals surface area contributed by atoms with E-state index in [1.807, 2.05) is 26.8 Å². The number of Topliss-reactive ketones (excluding diaryl/α,β-unsaturated/α-hetero) is 1. The van der Waals surface area contributed by atoms with E-state index in [-0.39, 0.29) is 11.8 Å². The number of aromatic nitrogens is 1. The Kier molecular flexibility index (Phi) is 3.63. The number of hydrogen-bond donors (Lipinski definition) is 1. The smallest absolute Gasteiger partial charge is 0.166 e. The summed E-state index contributed by atoms with van der Waals surface area (Å²) in [7, 11) is 0. The molecule has 14 heavy (non-hydrogen) atoms. The van der Waals surface area contributed by atoms with Crippen molar-refractivity contribution >= 4 is 11.6 Å². The fraction of sp³-hybridized carbons (Fsp3) is 0.455. The van der Waals surface area contributed by atoms with Crippen LogP contribution in [0.5, 0.6) is 0 Å². The second-order valence-electron chi connectivity index (χ2n) is 3.48. The molecule has 1 N–H and O–H groups in total. The van der Waals surface area contributed by atoms with Crippen LogP contribution in [0.15, 0.2) is 18.3 Å². The lowest BCUT2D eigenvalue weighted by Crippen LogP contribution is -2.14. The lowest BCUT2D eigenvalue weighted by atomic mass is 10.1. The third-order valence-electron chi connectivity index (χ3n) is 1.85. The van der Waals surface area contributed by atoms with E-state index in [0.29, 0.717) is 17.8 Å². The minimum atomic E-state index is 0.126. The van der Waals surface area contributed by atoms with Gasteiger partial charge < -0.3 is 5.32 Å². The van der Waals surface area contributed by atoms with Gasteiger partial charge >= 0.3 is 0 Å². The van der Waals surface area contributed by atoms with Crippen molar-refractivity contribution < 1.29 is 4.79 Å². The SMILES string of the molecule is CCC(=O)c1cccnc1NC(C)C. The van der Waals surface area contributed by atoms with E-state index < -0.39 is 0 Å². The zero-order valence-electron chi connectivity index (χ0n) is 8.87. The summed E-state index contributed by atoms with van der Waals surface area (Å²) in [5, 5.41) is 3.16. The number of nitrogens with one attached hydrogen (secondary N) is 1. The number of pyridine rings is 1. The lowest BCUT2D eigenvalue weighted by molar-refractivity contribution is 0.0988. The minimum absolute atomic E-state index is 0.126. The average Bonchev–Trinajstić information content (AvgIpc) is 2.16. The summed E-state index contributed by atoms with van der Waals surface area (Å²) in [5.41, 5.74) is 0.684. The van der Waals surface area contributed by atoms with Crippen molar-refractivity contribution in [3.8, 4) is 0 Å². The monoisotopic (exact) mass is 192 g/mol. The topological polar surface area (TPSA) is 42.0 Å². The van der Waals surface area contributed by atoms with Crippen LogP contribution in [-0.4, -0.2) is 16.8 Å². The van der Waals surface area contributed by atoms with Crippen molar-refractivity contribution in [2.75, 3.05) is 5.32 Å². The van der Waals surface area contributed by atoms with Gasteiger partial charge in [-0.3, -0.25) is 4.79 Å². The molecule has 0 aliphatic rings. The summed E-state index contributed by atoms with van der Waals surface area (Å²) < 4.78 is 0. The molecule has 0 bridgehead atoms. The summed E-state index contributed by atoms with van der Waals surface area (Å²) in [6.07, 6.45) is 2.20. The van der Waals surface area contributed by atoms with Crippen LogP contribution in [0.4, 0.5) is 5.82 Å². The van der Waals surface area contributed by atoms with Crippen molar-refractivity contribution in [2.45, 2.75) is 33.2 Å². The standard InChI is InChI=1S/C11H16N2O/c1-4-10(14)9-6-5-7-12-11(9)13-8(2)3/h5-8H,4H2,1-3H3,(H,12,13). The van der Waals surface area contributed by atoms with E-state index in [4.69, 9.17) is 0 Å². The molecular weight excluding hydrogens is 176 g/mol. The van der Waals surface area contributed by atoms with Gasteiger partial charge in [-0.2, -0.15) is 0 Å². The average molecular weight is 192 g/mol. The Morgan fingerprint density at radius 3 is 2.86 bits per heavy atom. The van der Waals surface area contributed by atoms with Gasteiger partial charge in [0.25, 0.3) is 0 Å². The van der Waals surface area contributed by atoms with Crippen LogP contribution in [0.25, 0.3) is 0 Å². The summed E-state index contributed by atoms with van der Waals surface area (Å²) in [6, 6.07) is 3.88. The van der Waals surface area contributed by atoms with Gasteiger partial charge in [0.05, 0.1) is 5.56 Å². The molecule has 3 heteroatoms. The van der Waals surface area contributed by atoms with E-state index >= 15 is 0 Å². The van der Waals surface area contributed by atoms with E-state index in [1.54, 1.807) is 12.3 Å². The molecule has 0 atom stereocenters. The molecule has 1 aromatic rings. The fourth-order valence-electron chi connectivity index (χ4n) is 1.21. The number of nitrogens with zero attached hydrogens (tertiary/aromatic N) is 1. The number of anilines is 1. The normalized spacial score (nSPS) is 10.3. The maximum Gasteiger partial charge on any atom is 0.166 e. The predicted molar refractivity (Wildman–Crippen MR) is 57.6 cm³/mol. The molecule has 0 aliphatic carbocycles. The predicted octanol–water partition coefficient (Wildman–Crippen LogP) is 2.49. The first kappa shape index (κ1) is 10.7. The highest BCUT2D eigenvalue weighted by molar-refractivity contribution is 6.00. The second-order valence-corrected chi connectivity index (χ2v) is 3.48. The molecule has 0 aliphatic heterocycles. The largest absolute Gasteiger partial charge is 0.367 e. The Bertz CT molecular complexity index is 321. The van der Waals surface area contributed by atoms with Gasteiger partial charge in [-0.25, -0.2) is 4.98 Å². The van der Waals surface area contributed by atoms with E-state index in [1.165, 1.54) is 0 Å². The highest BCUT2D eigenvalue weighted by Gasteiger charge is 2.10. The van der Waals surface area contributed by atoms with Gasteiger partial charge in [-0.15, -0.1) is 0 Å². The number of ketones is 1. The van der Waals surface area contributed by atoms with Gasteiger partial charge in [0.2, 0.25) is 0 Å². The number of rotatable bonds is 4. The van der Waals surface area contributed by atoms with E-state index in [0.717, 1.165) is 0 Å². The molecule has 1 rings (SSSR count). The van der Waals surface area contributed by atoms with Crippen LogP contribution in [0.2, 0.25) is 0 Å². The number of carbonyl (C=O) groups is 1. The van der Waals surface area contributed by atoms with Gasteiger partial charge in [0.1, 0.15) is 5.82 Å². The van der Waals surface area contributed by atoms with Crippen molar-refractivity contribution in [1.29, 1.82) is 0 Å². The molecule has 0 saturated carbocycles. The van der Waals surface area contributed by atoms with E-state index in [2.05, 4.69) is 10.3 Å². The Labute approximate surface area is 84.6 Å². The molecular formula is C11H16N2O. The van der Waals surface area contributed by atoms with Gasteiger partial charge in [-0.05, 0) is 26.0 Å². The molecule has 0 spiro atoms. The van der Waals surface area contributed by atoms with Gasteiger partial charge in [0.15, 0.2) is 5.78 Å². The molecule has 1 heterocycles. The highest BCUT2D eigenvalue weighted by atomic mass is 16.1. The summed E-state index contributed by atoms with van der Waals surface area (Å²) in [5.74, 6) is 0.815. The maximum atomic E-state index is 11.5. The molecule has 0 amide bonds. The number of hydrogen-bond acceptors (Lipinski definition) is 3. The van der Waals surface area contributed by atoms with Gasteiger partial charge in [0, 0.05) is 18.7 Å². The molecule has 3 nitrogen and oxygen atoms in total. The molecule has 0 saturated heterocycles. The van der Waals surface area contributed by atoms with Crippen LogP contribution >= 0.6 is 0 Å². The Balaban J connectivity index is 2.97. The van der Waals surface area contributed by atoms with Gasteiger partial charge in [-0.1, -0.05) is 6.92 Å². The summed E-state index contributed by atoms with van der Waals surface area (Å²) >= 11 is 0. The van der Waals surface area contributed by atoms with Crippen LogP contribution in [0, 0.1) is 0 Å². The second kappa shape index (κ2) is 4.74. The zero-order valence-corrected chi connectivity index (χ0v) is 8.87. The van der Waals surface area contributed by atoms with Crippen LogP contribution in [0.3, 0.4) is 0 Å². The number of carbonyl (C=O) groups excluding carboxylic acids is 1. The lowest BCUT2D eigenvalue weighted by Gasteiger charge is -2.11. The maximum absolute atomic E-state index is 11.5. The van der Waals surface area contributed by atoms with Crippen LogP contribution in [-0.2, 0) is 0 Å². The fourth-order valence-corrected chi connectivity index (χ4v) is 1.21. The molecule has 0 fully saturated rings. The Morgan fingerprint density at radius 2 is 2.29 bits per heavy atom. The van der Waals surface area contributed by atoms with E-state index in [9.17, 15) is 4.79 Å². The zero-order chi connectivity index (χ0) is 10.6. The van der Waals surface area contributed by atoms with Crippen molar-refractivity contribution in [3.05, 3.63) is 23.9 Å². The first-order chi connectivity index (χ1) is 6.65. The minimum Gasteiger partial charge on any atom is -0.367 e. The quantitative estimate of drug-likeness (QED) is 0.745. The summed E-state index contributed by atoms with van der Waals surface area (Å²) in [4.78, 5) is 15.7. The molecule has 0 radical (unpaired) electrons. The molecule has 0 aromatic carbocycles. The Hall–Kier alpha value is -1.38. The third-order valence-corrected chi connectivity index (χ3v) is 1.85. The Morgan fingerprint density at radius 1 is 1.57 bits per heavy atom. The third kappa shape index (κ3) is 2.55. The van der Waals surface area contributed by atoms with Crippen molar-refractivity contribution in [2.24, 2.45) is 0 Å². The molecule has 76 valence electrons. The molecule has 1 aromatic heterocycles. The van der Waals surface area contributed by atoms with Crippen molar-refractivity contribution in [3.63, 3.8) is 0 Å². The van der Waals surface area contributed by atoms with Crippen LogP contribution < -0.4 is 5.32 Å². The highest BCUT2D eigenvalue weighted by Crippen LogP contribution is 2.14. The van der Waals surface area contributed by atoms with Crippen molar-refractivity contribution in [1.82, 2.24) is 4.98 Å². The molecule has 0 unspecified atom stereocenters. The first-order valence-corrected chi connectivity index (χ1v) is 4.90. The van der Waals surface area contributed by atoms with Crippen LogP contribution in [0.1, 0.15) is 37.6 Å². The first-order valence-electron chi connectivity index (χ1n) is 4.90. The summed E-state index contributed by atoms with van der Waals surface area (Å²) in [6.45, 7) is 5.90.